The summed E-state index contributed by atoms with van der Waals surface area (Å²) in [4.78, 5) is 29.2. The number of fused-ring (bicyclic) bond motifs is 1. The van der Waals surface area contributed by atoms with Crippen LogP contribution in [0.5, 0.6) is 0 Å². The Morgan fingerprint density at radius 2 is 2.00 bits per heavy atom. The maximum atomic E-state index is 12.6. The Morgan fingerprint density at radius 3 is 2.69 bits per heavy atom. The Bertz CT molecular complexity index is 1060. The van der Waals surface area contributed by atoms with Gasteiger partial charge >= 0.3 is 5.97 Å². The van der Waals surface area contributed by atoms with Gasteiger partial charge in [-0.15, -0.1) is 0 Å². The molecule has 2 aromatic heterocycles. The van der Waals surface area contributed by atoms with E-state index in [1.807, 2.05) is 32.9 Å². The van der Waals surface area contributed by atoms with Gasteiger partial charge in [-0.25, -0.2) is 0 Å². The summed E-state index contributed by atoms with van der Waals surface area (Å²) in [5.41, 5.74) is 3.53. The molecule has 3 aromatic rings. The lowest BCUT2D eigenvalue weighted by Crippen LogP contribution is -2.23. The summed E-state index contributed by atoms with van der Waals surface area (Å²) in [6, 6.07) is 5.69. The maximum Gasteiger partial charge on any atom is 0.325 e. The number of ether oxygens (including phenoxy) is 1. The minimum Gasteiger partial charge on any atom is -0.468 e. The number of nitrogens with zero attached hydrogens (tertiary/aromatic N) is 4. The van der Waals surface area contributed by atoms with Gasteiger partial charge in [0.25, 0.3) is 5.91 Å². The Hall–Kier alpha value is -2.74. The number of hydrogen-bond acceptors (Lipinski definition) is 5. The van der Waals surface area contributed by atoms with Crippen LogP contribution >= 0.6 is 11.3 Å². The highest BCUT2D eigenvalue weighted by molar-refractivity contribution is 7.16. The fourth-order valence-electron chi connectivity index (χ4n) is 2.66. The maximum absolute atomic E-state index is 12.6. The molecular formula is C18H20N4O3S. The zero-order valence-electron chi connectivity index (χ0n) is 15.1. The number of hydrogen-bond donors (Lipinski definition) is 0. The Morgan fingerprint density at radius 1 is 1.27 bits per heavy atom. The lowest BCUT2D eigenvalue weighted by Gasteiger charge is -2.05. The van der Waals surface area contributed by atoms with Crippen LogP contribution in [-0.2, 0) is 22.6 Å². The number of carbonyl (C=O) groups excluding carboxylic acids is 2. The van der Waals surface area contributed by atoms with Crippen LogP contribution in [-0.4, -0.2) is 33.3 Å². The van der Waals surface area contributed by atoms with E-state index in [4.69, 9.17) is 4.74 Å². The van der Waals surface area contributed by atoms with E-state index in [1.54, 1.807) is 21.5 Å². The van der Waals surface area contributed by atoms with Crippen LogP contribution in [0.4, 0.5) is 0 Å². The first kappa shape index (κ1) is 18.1. The molecule has 2 heterocycles. The number of thiazole rings is 1. The first-order valence-electron chi connectivity index (χ1n) is 8.22. The van der Waals surface area contributed by atoms with Crippen LogP contribution in [0.3, 0.4) is 0 Å². The molecule has 1 aromatic carbocycles. The molecule has 0 saturated heterocycles. The van der Waals surface area contributed by atoms with Crippen LogP contribution in [0.2, 0.25) is 0 Å². The van der Waals surface area contributed by atoms with Gasteiger partial charge in [-0.2, -0.15) is 10.1 Å². The Balaban J connectivity index is 2.19. The van der Waals surface area contributed by atoms with Crippen molar-refractivity contribution < 1.29 is 14.3 Å². The molecule has 0 atom stereocenters. The van der Waals surface area contributed by atoms with E-state index in [9.17, 15) is 9.59 Å². The number of esters is 1. The SMILES string of the molecule is CCn1nccc1C(=O)N=c1sc2cc(C)c(C)cc2n1CC(=O)OC. The van der Waals surface area contributed by atoms with Crippen molar-refractivity contribution in [3.63, 3.8) is 0 Å². The van der Waals surface area contributed by atoms with Gasteiger partial charge in [0.05, 0.1) is 17.3 Å². The van der Waals surface area contributed by atoms with Crippen molar-refractivity contribution in [3.05, 3.63) is 46.0 Å². The Labute approximate surface area is 154 Å². The predicted molar refractivity (Wildman–Crippen MR) is 99.1 cm³/mol. The molecule has 8 heteroatoms. The van der Waals surface area contributed by atoms with E-state index >= 15 is 0 Å². The van der Waals surface area contributed by atoms with Crippen LogP contribution in [0, 0.1) is 13.8 Å². The summed E-state index contributed by atoms with van der Waals surface area (Å²) in [5, 5.41) is 4.11. The third-order valence-corrected chi connectivity index (χ3v) is 5.29. The van der Waals surface area contributed by atoms with Crippen LogP contribution < -0.4 is 4.80 Å². The van der Waals surface area contributed by atoms with Gasteiger partial charge in [0.15, 0.2) is 4.80 Å². The quantitative estimate of drug-likeness (QED) is 0.659. The van der Waals surface area contributed by atoms with Gasteiger partial charge < -0.3 is 9.30 Å². The van der Waals surface area contributed by atoms with E-state index < -0.39 is 5.97 Å². The zero-order valence-corrected chi connectivity index (χ0v) is 16.0. The molecule has 26 heavy (non-hydrogen) atoms. The monoisotopic (exact) mass is 372 g/mol. The second-order valence-corrected chi connectivity index (χ2v) is 6.91. The fourth-order valence-corrected chi connectivity index (χ4v) is 3.77. The average Bonchev–Trinajstić information content (AvgIpc) is 3.21. The number of aromatic nitrogens is 3. The largest absolute Gasteiger partial charge is 0.468 e. The average molecular weight is 372 g/mol. The van der Waals surface area contributed by atoms with Crippen molar-refractivity contribution in [1.29, 1.82) is 0 Å². The second-order valence-electron chi connectivity index (χ2n) is 5.90. The third-order valence-electron chi connectivity index (χ3n) is 4.25. The van der Waals surface area contributed by atoms with E-state index in [0.717, 1.165) is 21.3 Å². The van der Waals surface area contributed by atoms with Crippen molar-refractivity contribution in [2.24, 2.45) is 4.99 Å². The van der Waals surface area contributed by atoms with Crippen LogP contribution in [0.15, 0.2) is 29.4 Å². The highest BCUT2D eigenvalue weighted by Crippen LogP contribution is 2.22. The lowest BCUT2D eigenvalue weighted by atomic mass is 10.1. The summed E-state index contributed by atoms with van der Waals surface area (Å²) in [6.45, 7) is 6.53. The number of benzene rings is 1. The van der Waals surface area contributed by atoms with Crippen molar-refractivity contribution in [3.8, 4) is 0 Å². The van der Waals surface area contributed by atoms with E-state index in [-0.39, 0.29) is 12.5 Å². The normalized spacial score (nSPS) is 11.9. The van der Waals surface area contributed by atoms with Gasteiger partial charge in [-0.1, -0.05) is 11.3 Å². The summed E-state index contributed by atoms with van der Waals surface area (Å²) in [5.74, 6) is -0.779. The molecule has 1 amide bonds. The molecule has 136 valence electrons. The molecule has 0 saturated carbocycles. The van der Waals surface area contributed by atoms with E-state index in [0.29, 0.717) is 17.0 Å². The molecule has 0 N–H and O–H groups in total. The summed E-state index contributed by atoms with van der Waals surface area (Å²) in [7, 11) is 1.34. The summed E-state index contributed by atoms with van der Waals surface area (Å²) in [6.07, 6.45) is 1.58. The van der Waals surface area contributed by atoms with Gasteiger partial charge in [0, 0.05) is 12.7 Å². The predicted octanol–water partition coefficient (Wildman–Crippen LogP) is 2.45. The van der Waals surface area contributed by atoms with Crippen molar-refractivity contribution >= 4 is 33.4 Å². The topological polar surface area (TPSA) is 78.5 Å². The van der Waals surface area contributed by atoms with Gasteiger partial charge in [0.2, 0.25) is 0 Å². The van der Waals surface area contributed by atoms with Crippen molar-refractivity contribution in [2.75, 3.05) is 7.11 Å². The molecule has 0 bridgehead atoms. The molecule has 3 rings (SSSR count). The molecule has 0 radical (unpaired) electrons. The highest BCUT2D eigenvalue weighted by atomic mass is 32.1. The molecule has 7 nitrogen and oxygen atoms in total. The van der Waals surface area contributed by atoms with Crippen molar-refractivity contribution in [2.45, 2.75) is 33.9 Å². The molecule has 0 spiro atoms. The molecular weight excluding hydrogens is 352 g/mol. The minimum atomic E-state index is -0.393. The first-order chi connectivity index (χ1) is 12.4. The van der Waals surface area contributed by atoms with Crippen LogP contribution in [0.1, 0.15) is 28.5 Å². The zero-order chi connectivity index (χ0) is 18.8. The minimum absolute atomic E-state index is 0.00183. The van der Waals surface area contributed by atoms with E-state index in [2.05, 4.69) is 10.1 Å². The molecule has 0 aliphatic rings. The molecule has 0 fully saturated rings. The number of amides is 1. The molecule has 0 aliphatic carbocycles. The number of aryl methyl sites for hydroxylation is 3. The number of carbonyl (C=O) groups is 2. The second kappa shape index (κ2) is 7.25. The van der Waals surface area contributed by atoms with Crippen LogP contribution in [0.25, 0.3) is 10.2 Å². The molecule has 0 aliphatic heterocycles. The van der Waals surface area contributed by atoms with Gasteiger partial charge in [-0.3, -0.25) is 14.3 Å². The summed E-state index contributed by atoms with van der Waals surface area (Å²) < 4.78 is 9.08. The van der Waals surface area contributed by atoms with Crippen molar-refractivity contribution in [1.82, 2.24) is 14.3 Å². The lowest BCUT2D eigenvalue weighted by molar-refractivity contribution is -0.141. The fraction of sp³-hybridized carbons (Fsp3) is 0.333. The third kappa shape index (κ3) is 3.32. The first-order valence-corrected chi connectivity index (χ1v) is 9.04. The molecule has 0 unspecified atom stereocenters. The van der Waals surface area contributed by atoms with E-state index in [1.165, 1.54) is 18.4 Å². The smallest absolute Gasteiger partial charge is 0.325 e. The number of methoxy groups -OCH3 is 1. The van der Waals surface area contributed by atoms with Gasteiger partial charge in [-0.05, 0) is 50.1 Å². The Kier molecular flexibility index (Phi) is 5.03. The highest BCUT2D eigenvalue weighted by Gasteiger charge is 2.15. The van der Waals surface area contributed by atoms with Gasteiger partial charge in [0.1, 0.15) is 12.2 Å². The standard InChI is InChI=1S/C18H20N4O3S/c1-5-22-13(6-7-19-22)17(24)20-18-21(10-16(23)25-4)14-8-11(2)12(3)9-15(14)26-18/h6-9H,5,10H2,1-4H3. The number of rotatable bonds is 4. The summed E-state index contributed by atoms with van der Waals surface area (Å²) >= 11 is 1.38.